The van der Waals surface area contributed by atoms with E-state index in [2.05, 4.69) is 4.98 Å². The number of rotatable bonds is 4. The molecule has 26 heavy (non-hydrogen) atoms. The molecule has 0 unspecified atom stereocenters. The monoisotopic (exact) mass is 370 g/mol. The molecule has 0 atom stereocenters. The van der Waals surface area contributed by atoms with Gasteiger partial charge in [0.1, 0.15) is 11.6 Å². The van der Waals surface area contributed by atoms with E-state index in [1.165, 1.54) is 0 Å². The van der Waals surface area contributed by atoms with Crippen molar-refractivity contribution in [1.29, 1.82) is 0 Å². The molecule has 1 aliphatic heterocycles. The van der Waals surface area contributed by atoms with E-state index in [4.69, 9.17) is 20.8 Å². The number of amides is 1. The maximum absolute atomic E-state index is 12.5. The highest BCUT2D eigenvalue weighted by molar-refractivity contribution is 6.31. The van der Waals surface area contributed by atoms with Crippen molar-refractivity contribution < 1.29 is 13.9 Å². The zero-order valence-electron chi connectivity index (χ0n) is 14.2. The van der Waals surface area contributed by atoms with Gasteiger partial charge in [0, 0.05) is 31.0 Å². The molecule has 1 aliphatic rings. The summed E-state index contributed by atoms with van der Waals surface area (Å²) in [5.41, 5.74) is 2.37. The number of hydrogen-bond donors (Lipinski definition) is 0. The molecule has 5 nitrogen and oxygen atoms in total. The van der Waals surface area contributed by atoms with Crippen molar-refractivity contribution >= 4 is 28.6 Å². The molecule has 4 rings (SSSR count). The molecule has 1 amide bonds. The second-order valence-corrected chi connectivity index (χ2v) is 6.82. The minimum atomic E-state index is 0.00688. The molecule has 2 aromatic carbocycles. The summed E-state index contributed by atoms with van der Waals surface area (Å²) in [6.45, 7) is 1.32. The van der Waals surface area contributed by atoms with Crippen molar-refractivity contribution in [3.05, 3.63) is 59.1 Å². The fourth-order valence-corrected chi connectivity index (χ4v) is 3.39. The van der Waals surface area contributed by atoms with Crippen molar-refractivity contribution in [3.8, 4) is 6.08 Å². The van der Waals surface area contributed by atoms with Gasteiger partial charge in [0.2, 0.25) is 5.91 Å². The van der Waals surface area contributed by atoms with E-state index >= 15 is 0 Å². The van der Waals surface area contributed by atoms with Gasteiger partial charge in [-0.2, -0.15) is 4.98 Å². The van der Waals surface area contributed by atoms with Crippen LogP contribution in [0, 0.1) is 0 Å². The lowest BCUT2D eigenvalue weighted by Crippen LogP contribution is -2.42. The Morgan fingerprint density at radius 2 is 1.88 bits per heavy atom. The Balaban J connectivity index is 1.32. The summed E-state index contributed by atoms with van der Waals surface area (Å²) in [6.07, 6.45) is 2.15. The van der Waals surface area contributed by atoms with E-state index in [0.29, 0.717) is 30.6 Å². The maximum atomic E-state index is 12.5. The summed E-state index contributed by atoms with van der Waals surface area (Å²) < 4.78 is 11.5. The Hall–Kier alpha value is -2.53. The van der Waals surface area contributed by atoms with Gasteiger partial charge in [0.05, 0.1) is 6.42 Å². The average Bonchev–Trinajstić information content (AvgIpc) is 3.06. The van der Waals surface area contributed by atoms with Crippen LogP contribution >= 0.6 is 11.6 Å². The lowest BCUT2D eigenvalue weighted by molar-refractivity contribution is -0.132. The van der Waals surface area contributed by atoms with Crippen molar-refractivity contribution in [2.24, 2.45) is 0 Å². The number of oxazole rings is 1. The van der Waals surface area contributed by atoms with Crippen molar-refractivity contribution in [3.63, 3.8) is 0 Å². The van der Waals surface area contributed by atoms with Crippen LogP contribution < -0.4 is 4.74 Å². The Morgan fingerprint density at radius 3 is 2.65 bits per heavy atom. The summed E-state index contributed by atoms with van der Waals surface area (Å²) in [4.78, 5) is 18.7. The van der Waals surface area contributed by atoms with Crippen LogP contribution in [0.4, 0.5) is 0 Å². The smallest absolute Gasteiger partial charge is 0.394 e. The van der Waals surface area contributed by atoms with Gasteiger partial charge in [-0.3, -0.25) is 4.79 Å². The number of piperidine rings is 1. The van der Waals surface area contributed by atoms with Gasteiger partial charge in [0.15, 0.2) is 5.58 Å². The highest BCUT2D eigenvalue weighted by Gasteiger charge is 2.25. The maximum Gasteiger partial charge on any atom is 0.394 e. The van der Waals surface area contributed by atoms with E-state index in [-0.39, 0.29) is 12.0 Å². The molecule has 6 heteroatoms. The number of aromatic nitrogens is 1. The van der Waals surface area contributed by atoms with Gasteiger partial charge in [-0.15, -0.1) is 0 Å². The normalized spacial score (nSPS) is 15.3. The van der Waals surface area contributed by atoms with Crippen molar-refractivity contribution in [2.75, 3.05) is 13.1 Å². The van der Waals surface area contributed by atoms with Crippen LogP contribution in [-0.2, 0) is 11.2 Å². The first-order valence-corrected chi connectivity index (χ1v) is 9.10. The molecule has 0 saturated carbocycles. The third-order valence-electron chi connectivity index (χ3n) is 4.64. The number of halogens is 1. The van der Waals surface area contributed by atoms with Gasteiger partial charge < -0.3 is 14.1 Å². The molecule has 1 saturated heterocycles. The minimum Gasteiger partial charge on any atom is -0.447 e. The highest BCUT2D eigenvalue weighted by Crippen LogP contribution is 2.24. The second-order valence-electron chi connectivity index (χ2n) is 6.41. The Kier molecular flexibility index (Phi) is 4.80. The lowest BCUT2D eigenvalue weighted by atomic mass is 10.1. The predicted molar refractivity (Wildman–Crippen MR) is 99.4 cm³/mol. The molecular weight excluding hydrogens is 352 g/mol. The van der Waals surface area contributed by atoms with Crippen LogP contribution in [0.3, 0.4) is 0 Å². The van der Waals surface area contributed by atoms with Crippen LogP contribution in [-0.4, -0.2) is 35.0 Å². The van der Waals surface area contributed by atoms with Gasteiger partial charge in [-0.25, -0.2) is 0 Å². The van der Waals surface area contributed by atoms with Crippen LogP contribution in [0.2, 0.25) is 5.02 Å². The molecule has 3 aromatic rings. The summed E-state index contributed by atoms with van der Waals surface area (Å²) in [6, 6.07) is 15.0. The summed E-state index contributed by atoms with van der Waals surface area (Å²) in [7, 11) is 0. The SMILES string of the molecule is O=C(Cc1ccccc1Cl)N1CCC(Oc2nc3ccccc3o2)CC1. The Labute approximate surface area is 156 Å². The quantitative estimate of drug-likeness (QED) is 0.694. The van der Waals surface area contributed by atoms with Crippen LogP contribution in [0.1, 0.15) is 18.4 Å². The summed E-state index contributed by atoms with van der Waals surface area (Å²) in [5.74, 6) is 0.0958. The van der Waals surface area contributed by atoms with Gasteiger partial charge >= 0.3 is 6.08 Å². The number of hydrogen-bond acceptors (Lipinski definition) is 4. The summed E-state index contributed by atoms with van der Waals surface area (Å²) >= 11 is 6.15. The van der Waals surface area contributed by atoms with E-state index < -0.39 is 0 Å². The first kappa shape index (κ1) is 16.9. The van der Waals surface area contributed by atoms with Crippen molar-refractivity contribution in [2.45, 2.75) is 25.4 Å². The van der Waals surface area contributed by atoms with Crippen LogP contribution in [0.25, 0.3) is 11.1 Å². The second kappa shape index (κ2) is 7.38. The number of para-hydroxylation sites is 2. The average molecular weight is 371 g/mol. The summed E-state index contributed by atoms with van der Waals surface area (Å²) in [5, 5.41) is 0.634. The van der Waals surface area contributed by atoms with E-state index in [1.807, 2.05) is 53.4 Å². The molecule has 1 fully saturated rings. The third kappa shape index (κ3) is 3.68. The molecular formula is C20H19ClN2O3. The number of fused-ring (bicyclic) bond motifs is 1. The molecule has 1 aromatic heterocycles. The Bertz CT molecular complexity index is 883. The number of likely N-dealkylation sites (tertiary alicyclic amines) is 1. The fourth-order valence-electron chi connectivity index (χ4n) is 3.18. The van der Waals surface area contributed by atoms with Gasteiger partial charge in [-0.05, 0) is 23.8 Å². The molecule has 0 N–H and O–H groups in total. The number of ether oxygens (including phenoxy) is 1. The number of carbonyl (C=O) groups is 1. The van der Waals surface area contributed by atoms with Gasteiger partial charge in [0.25, 0.3) is 0 Å². The minimum absolute atomic E-state index is 0.00688. The third-order valence-corrected chi connectivity index (χ3v) is 5.00. The van der Waals surface area contributed by atoms with E-state index in [0.717, 1.165) is 29.5 Å². The number of benzene rings is 2. The predicted octanol–water partition coefficient (Wildman–Crippen LogP) is 4.09. The molecule has 0 radical (unpaired) electrons. The number of nitrogens with zero attached hydrogens (tertiary/aromatic N) is 2. The van der Waals surface area contributed by atoms with E-state index in [9.17, 15) is 4.79 Å². The Morgan fingerprint density at radius 1 is 1.15 bits per heavy atom. The highest BCUT2D eigenvalue weighted by atomic mass is 35.5. The topological polar surface area (TPSA) is 55.6 Å². The standard InChI is InChI=1S/C20H19ClN2O3/c21-16-6-2-1-5-14(16)13-19(24)23-11-9-15(10-12-23)25-20-22-17-7-3-4-8-18(17)26-20/h1-8,15H,9-13H2. The first-order chi connectivity index (χ1) is 12.7. The molecule has 2 heterocycles. The van der Waals surface area contributed by atoms with Crippen LogP contribution in [0.5, 0.6) is 6.08 Å². The molecule has 134 valence electrons. The van der Waals surface area contributed by atoms with Gasteiger partial charge in [-0.1, -0.05) is 41.9 Å². The zero-order valence-corrected chi connectivity index (χ0v) is 15.0. The largest absolute Gasteiger partial charge is 0.447 e. The first-order valence-electron chi connectivity index (χ1n) is 8.72. The van der Waals surface area contributed by atoms with Crippen molar-refractivity contribution in [1.82, 2.24) is 9.88 Å². The zero-order chi connectivity index (χ0) is 17.9. The molecule has 0 aliphatic carbocycles. The fraction of sp³-hybridized carbons (Fsp3) is 0.300. The molecule has 0 spiro atoms. The molecule has 0 bridgehead atoms. The van der Waals surface area contributed by atoms with E-state index in [1.54, 1.807) is 0 Å². The van der Waals surface area contributed by atoms with Crippen LogP contribution in [0.15, 0.2) is 52.9 Å². The number of carbonyl (C=O) groups excluding carboxylic acids is 1. The lowest BCUT2D eigenvalue weighted by Gasteiger charge is -2.31.